The van der Waals surface area contributed by atoms with Crippen LogP contribution in [0.4, 0.5) is 0 Å². The molecule has 3 heteroatoms. The van der Waals surface area contributed by atoms with E-state index < -0.39 is 0 Å². The summed E-state index contributed by atoms with van der Waals surface area (Å²) in [6, 6.07) is 0. The molecule has 0 saturated heterocycles. The second-order valence-corrected chi connectivity index (χ2v) is 12.3. The van der Waals surface area contributed by atoms with Gasteiger partial charge in [0.05, 0.1) is 0 Å². The summed E-state index contributed by atoms with van der Waals surface area (Å²) >= 11 is 0. The number of fused-ring (bicyclic) bond motifs is 5. The number of ether oxygens (including phenoxy) is 1. The quantitative estimate of drug-likeness (QED) is 0.339. The summed E-state index contributed by atoms with van der Waals surface area (Å²) in [5.74, 6) is 2.75. The first kappa shape index (κ1) is 23.8. The van der Waals surface area contributed by atoms with Crippen molar-refractivity contribution in [1.82, 2.24) is 0 Å². The van der Waals surface area contributed by atoms with Gasteiger partial charge < -0.3 is 4.74 Å². The molecule has 0 aliphatic heterocycles. The van der Waals surface area contributed by atoms with Gasteiger partial charge in [-0.3, -0.25) is 9.59 Å². The molecular weight excluding hydrogens is 396 g/mol. The van der Waals surface area contributed by atoms with Gasteiger partial charge in [0.15, 0.2) is 0 Å². The number of carbonyl (C=O) groups excluding carboxylic acids is 2. The lowest BCUT2D eigenvalue weighted by atomic mass is 9.47. The van der Waals surface area contributed by atoms with Crippen LogP contribution in [0.5, 0.6) is 0 Å². The highest BCUT2D eigenvalue weighted by Crippen LogP contribution is 2.66. The zero-order valence-corrected chi connectivity index (χ0v) is 21.2. The summed E-state index contributed by atoms with van der Waals surface area (Å²) in [6.07, 6.45) is 14.4. The molecule has 3 fully saturated rings. The summed E-state index contributed by atoms with van der Waals surface area (Å²) in [7, 11) is 0. The highest BCUT2D eigenvalue weighted by atomic mass is 16.5. The highest BCUT2D eigenvalue weighted by Gasteiger charge is 2.61. The molecule has 4 aliphatic rings. The van der Waals surface area contributed by atoms with E-state index >= 15 is 0 Å². The Bertz CT molecular complexity index is 818. The van der Waals surface area contributed by atoms with Crippen molar-refractivity contribution in [2.45, 2.75) is 105 Å². The highest BCUT2D eigenvalue weighted by molar-refractivity contribution is 5.87. The zero-order chi connectivity index (χ0) is 23.3. The van der Waals surface area contributed by atoms with Crippen molar-refractivity contribution in [3.63, 3.8) is 0 Å². The van der Waals surface area contributed by atoms with E-state index in [4.69, 9.17) is 4.74 Å². The number of esters is 1. The van der Waals surface area contributed by atoms with Crippen molar-refractivity contribution >= 4 is 11.8 Å². The van der Waals surface area contributed by atoms with Crippen LogP contribution in [-0.4, -0.2) is 17.9 Å². The molecule has 0 heterocycles. The lowest BCUT2D eigenvalue weighted by Gasteiger charge is -2.56. The van der Waals surface area contributed by atoms with Gasteiger partial charge in [0.1, 0.15) is 11.9 Å². The van der Waals surface area contributed by atoms with Crippen molar-refractivity contribution in [3.05, 3.63) is 23.3 Å². The van der Waals surface area contributed by atoms with Gasteiger partial charge in [-0.25, -0.2) is 0 Å². The SMILES string of the molecule is CC(=O)OC1CCC2(C)C(CC=C3C4CCC(C(C)CCC=C(C)C)C4(C)CC(=O)C32)C1. The Labute approximate surface area is 195 Å². The third-order valence-electron chi connectivity index (χ3n) is 10.00. The van der Waals surface area contributed by atoms with Crippen LogP contribution in [0.3, 0.4) is 0 Å². The first-order valence-corrected chi connectivity index (χ1v) is 13.1. The Balaban J connectivity index is 1.55. The lowest BCUT2D eigenvalue weighted by Crippen LogP contribution is -2.54. The average Bonchev–Trinajstić information content (AvgIpc) is 3.03. The molecule has 0 spiro atoms. The minimum absolute atomic E-state index is 0.0296. The van der Waals surface area contributed by atoms with Gasteiger partial charge >= 0.3 is 5.97 Å². The molecule has 8 unspecified atom stereocenters. The van der Waals surface area contributed by atoms with Crippen LogP contribution in [0.2, 0.25) is 0 Å². The first-order chi connectivity index (χ1) is 15.1. The number of ketones is 1. The Morgan fingerprint density at radius 2 is 1.94 bits per heavy atom. The Hall–Kier alpha value is -1.38. The number of hydrogen-bond donors (Lipinski definition) is 0. The van der Waals surface area contributed by atoms with E-state index in [0.717, 1.165) is 38.5 Å². The summed E-state index contributed by atoms with van der Waals surface area (Å²) in [5, 5.41) is 0. The van der Waals surface area contributed by atoms with Crippen molar-refractivity contribution < 1.29 is 14.3 Å². The van der Waals surface area contributed by atoms with Crippen molar-refractivity contribution in [1.29, 1.82) is 0 Å². The van der Waals surface area contributed by atoms with Crippen LogP contribution in [0, 0.1) is 40.4 Å². The average molecular weight is 441 g/mol. The molecule has 3 saturated carbocycles. The van der Waals surface area contributed by atoms with Gasteiger partial charge in [0.25, 0.3) is 0 Å². The van der Waals surface area contributed by atoms with Gasteiger partial charge in [0, 0.05) is 19.3 Å². The van der Waals surface area contributed by atoms with Crippen molar-refractivity contribution in [2.24, 2.45) is 40.4 Å². The third-order valence-corrected chi connectivity index (χ3v) is 10.00. The fraction of sp³-hybridized carbons (Fsp3) is 0.793. The molecule has 0 aromatic heterocycles. The lowest BCUT2D eigenvalue weighted by molar-refractivity contribution is -0.154. The van der Waals surface area contributed by atoms with E-state index in [2.05, 4.69) is 46.8 Å². The number of rotatable bonds is 5. The van der Waals surface area contributed by atoms with Crippen LogP contribution >= 0.6 is 0 Å². The molecule has 8 atom stereocenters. The molecule has 178 valence electrons. The van der Waals surface area contributed by atoms with Gasteiger partial charge in [0.2, 0.25) is 0 Å². The Morgan fingerprint density at radius 3 is 2.62 bits per heavy atom. The number of allylic oxidation sites excluding steroid dienone is 4. The molecule has 0 amide bonds. The summed E-state index contributed by atoms with van der Waals surface area (Å²) < 4.78 is 5.57. The largest absolute Gasteiger partial charge is 0.463 e. The first-order valence-electron chi connectivity index (χ1n) is 13.1. The van der Waals surface area contributed by atoms with Crippen molar-refractivity contribution in [3.8, 4) is 0 Å². The minimum Gasteiger partial charge on any atom is -0.463 e. The van der Waals surface area contributed by atoms with Gasteiger partial charge in [-0.2, -0.15) is 0 Å². The Kier molecular flexibility index (Phi) is 6.51. The fourth-order valence-corrected chi connectivity index (χ4v) is 8.46. The van der Waals surface area contributed by atoms with E-state index in [0.29, 0.717) is 29.5 Å². The zero-order valence-electron chi connectivity index (χ0n) is 21.2. The van der Waals surface area contributed by atoms with Crippen LogP contribution in [0.15, 0.2) is 23.3 Å². The second-order valence-electron chi connectivity index (χ2n) is 12.3. The van der Waals surface area contributed by atoms with Gasteiger partial charge in [-0.15, -0.1) is 0 Å². The van der Waals surface area contributed by atoms with Gasteiger partial charge in [-0.1, -0.05) is 44.1 Å². The van der Waals surface area contributed by atoms with E-state index in [9.17, 15) is 9.59 Å². The van der Waals surface area contributed by atoms with E-state index in [1.165, 1.54) is 37.3 Å². The molecular formula is C29H44O3. The number of hydrogen-bond acceptors (Lipinski definition) is 3. The summed E-state index contributed by atoms with van der Waals surface area (Å²) in [5.41, 5.74) is 3.06. The third kappa shape index (κ3) is 4.03. The predicted molar refractivity (Wildman–Crippen MR) is 129 cm³/mol. The molecule has 0 N–H and O–H groups in total. The molecule has 0 aromatic rings. The summed E-state index contributed by atoms with van der Waals surface area (Å²) in [6.45, 7) is 13.1. The van der Waals surface area contributed by atoms with Crippen molar-refractivity contribution in [2.75, 3.05) is 0 Å². The molecule has 3 nitrogen and oxygen atoms in total. The molecule has 0 bridgehead atoms. The maximum Gasteiger partial charge on any atom is 0.302 e. The molecule has 0 aromatic carbocycles. The smallest absolute Gasteiger partial charge is 0.302 e. The monoisotopic (exact) mass is 440 g/mol. The normalized spacial score (nSPS) is 41.6. The molecule has 0 radical (unpaired) electrons. The van der Waals surface area contributed by atoms with Crippen LogP contribution in [0.1, 0.15) is 99.3 Å². The minimum atomic E-state index is -0.175. The maximum absolute atomic E-state index is 13.8. The topological polar surface area (TPSA) is 43.4 Å². The van der Waals surface area contributed by atoms with Gasteiger partial charge in [-0.05, 0) is 99.7 Å². The van der Waals surface area contributed by atoms with E-state index in [1.807, 2.05) is 0 Å². The molecule has 4 rings (SSSR count). The van der Waals surface area contributed by atoms with Crippen LogP contribution in [0.25, 0.3) is 0 Å². The van der Waals surface area contributed by atoms with E-state index in [1.54, 1.807) is 0 Å². The molecule has 4 aliphatic carbocycles. The molecule has 32 heavy (non-hydrogen) atoms. The number of Topliss-reactive ketones (excluding diaryl/α,β-unsaturated/α-hetero) is 1. The fourth-order valence-electron chi connectivity index (χ4n) is 8.46. The van der Waals surface area contributed by atoms with Crippen LogP contribution < -0.4 is 0 Å². The van der Waals surface area contributed by atoms with E-state index in [-0.39, 0.29) is 28.8 Å². The predicted octanol–water partition coefficient (Wildman–Crippen LogP) is 7.06. The second kappa shape index (κ2) is 8.76. The Morgan fingerprint density at radius 1 is 1.19 bits per heavy atom. The summed E-state index contributed by atoms with van der Waals surface area (Å²) in [4.78, 5) is 25.3. The number of carbonyl (C=O) groups is 2. The van der Waals surface area contributed by atoms with Crippen LogP contribution in [-0.2, 0) is 14.3 Å². The maximum atomic E-state index is 13.8. The standard InChI is InChI=1S/C29H44O3/c1-18(2)8-7-9-19(3)24-12-13-25-23-11-10-21-16-22(32-20(4)30)14-15-28(21,5)27(23)26(31)17-29(24,25)6/h8,11,19,21-22,24-25,27H,7,9-10,12-17H2,1-6H3.